The number of esters is 1. The summed E-state index contributed by atoms with van der Waals surface area (Å²) < 4.78 is 5.17. The highest BCUT2D eigenvalue weighted by atomic mass is 16.5. The van der Waals surface area contributed by atoms with Crippen molar-refractivity contribution in [1.29, 1.82) is 0 Å². The summed E-state index contributed by atoms with van der Waals surface area (Å²) in [6.07, 6.45) is 4.79. The van der Waals surface area contributed by atoms with Crippen molar-refractivity contribution in [3.05, 3.63) is 11.9 Å². The van der Waals surface area contributed by atoms with Crippen LogP contribution in [0.1, 0.15) is 45.7 Å². The SMILES string of the molecule is CC(C)(C)COC(=O)CCCCc1cn[nH]n1. The van der Waals surface area contributed by atoms with Crippen molar-refractivity contribution >= 4 is 5.97 Å². The van der Waals surface area contributed by atoms with Gasteiger partial charge in [-0.2, -0.15) is 15.4 Å². The average Bonchev–Trinajstić information content (AvgIpc) is 2.73. The lowest BCUT2D eigenvalue weighted by atomic mass is 9.99. The van der Waals surface area contributed by atoms with Crippen molar-refractivity contribution in [1.82, 2.24) is 15.4 Å². The number of rotatable bonds is 6. The monoisotopic (exact) mass is 239 g/mol. The quantitative estimate of drug-likeness (QED) is 0.609. The Morgan fingerprint density at radius 1 is 1.41 bits per heavy atom. The van der Waals surface area contributed by atoms with E-state index in [4.69, 9.17) is 4.74 Å². The fourth-order valence-corrected chi connectivity index (χ4v) is 1.29. The number of hydrogen-bond acceptors (Lipinski definition) is 4. The molecule has 0 fully saturated rings. The molecule has 0 bridgehead atoms. The minimum absolute atomic E-state index is 0.0381. The Kier molecular flexibility index (Phi) is 5.12. The zero-order valence-electron chi connectivity index (χ0n) is 10.8. The Balaban J connectivity index is 2.04. The van der Waals surface area contributed by atoms with Gasteiger partial charge in [-0.05, 0) is 24.7 Å². The first-order valence-electron chi connectivity index (χ1n) is 5.98. The van der Waals surface area contributed by atoms with E-state index in [0.29, 0.717) is 13.0 Å². The normalized spacial score (nSPS) is 11.5. The molecular weight excluding hydrogens is 218 g/mol. The third-order valence-corrected chi connectivity index (χ3v) is 2.19. The summed E-state index contributed by atoms with van der Waals surface area (Å²) in [5, 5.41) is 10.2. The Morgan fingerprint density at radius 2 is 2.18 bits per heavy atom. The Bertz CT molecular complexity index is 328. The summed E-state index contributed by atoms with van der Waals surface area (Å²) in [4.78, 5) is 11.4. The molecule has 1 heterocycles. The summed E-state index contributed by atoms with van der Waals surface area (Å²) in [5.74, 6) is -0.111. The van der Waals surface area contributed by atoms with Crippen LogP contribution in [0.2, 0.25) is 0 Å². The molecule has 0 atom stereocenters. The van der Waals surface area contributed by atoms with E-state index in [1.54, 1.807) is 6.20 Å². The fraction of sp³-hybridized carbons (Fsp3) is 0.750. The number of carbonyl (C=O) groups is 1. The molecule has 0 aliphatic rings. The number of carbonyl (C=O) groups excluding carboxylic acids is 1. The lowest BCUT2D eigenvalue weighted by Gasteiger charge is -2.17. The van der Waals surface area contributed by atoms with Crippen molar-refractivity contribution in [2.45, 2.75) is 46.5 Å². The Morgan fingerprint density at radius 3 is 2.76 bits per heavy atom. The lowest BCUT2D eigenvalue weighted by molar-refractivity contribution is -0.146. The molecule has 0 saturated heterocycles. The molecule has 5 heteroatoms. The van der Waals surface area contributed by atoms with Gasteiger partial charge in [0.2, 0.25) is 0 Å². The van der Waals surface area contributed by atoms with Crippen molar-refractivity contribution < 1.29 is 9.53 Å². The number of aromatic amines is 1. The van der Waals surface area contributed by atoms with Gasteiger partial charge in [-0.1, -0.05) is 20.8 Å². The van der Waals surface area contributed by atoms with E-state index in [2.05, 4.69) is 15.4 Å². The van der Waals surface area contributed by atoms with E-state index in [1.807, 2.05) is 20.8 Å². The van der Waals surface area contributed by atoms with Crippen molar-refractivity contribution in [2.75, 3.05) is 6.61 Å². The van der Waals surface area contributed by atoms with Crippen LogP contribution in [0.5, 0.6) is 0 Å². The van der Waals surface area contributed by atoms with Gasteiger partial charge in [0, 0.05) is 6.42 Å². The van der Waals surface area contributed by atoms with Crippen LogP contribution in [0.25, 0.3) is 0 Å². The van der Waals surface area contributed by atoms with Crippen molar-refractivity contribution in [3.63, 3.8) is 0 Å². The van der Waals surface area contributed by atoms with Gasteiger partial charge in [0.1, 0.15) is 0 Å². The van der Waals surface area contributed by atoms with Gasteiger partial charge >= 0.3 is 5.97 Å². The molecule has 1 rings (SSSR count). The predicted molar refractivity (Wildman–Crippen MR) is 64.4 cm³/mol. The van der Waals surface area contributed by atoms with E-state index in [1.165, 1.54) is 0 Å². The predicted octanol–water partition coefficient (Wildman–Crippen LogP) is 2.11. The van der Waals surface area contributed by atoms with E-state index in [0.717, 1.165) is 25.0 Å². The molecule has 0 aliphatic carbocycles. The molecule has 5 nitrogen and oxygen atoms in total. The van der Waals surface area contributed by atoms with Crippen LogP contribution >= 0.6 is 0 Å². The second kappa shape index (κ2) is 6.37. The summed E-state index contributed by atoms with van der Waals surface area (Å²) in [6, 6.07) is 0. The number of aryl methyl sites for hydroxylation is 1. The zero-order valence-corrected chi connectivity index (χ0v) is 10.8. The molecular formula is C12H21N3O2. The first-order chi connectivity index (χ1) is 7.97. The second-order valence-corrected chi connectivity index (χ2v) is 5.39. The second-order valence-electron chi connectivity index (χ2n) is 5.39. The number of unbranched alkanes of at least 4 members (excludes halogenated alkanes) is 1. The highest BCUT2D eigenvalue weighted by Crippen LogP contribution is 2.13. The molecule has 1 aromatic rings. The summed E-state index contributed by atoms with van der Waals surface area (Å²) >= 11 is 0. The first kappa shape index (κ1) is 13.7. The first-order valence-corrected chi connectivity index (χ1v) is 5.98. The van der Waals surface area contributed by atoms with Crippen LogP contribution < -0.4 is 0 Å². The maximum absolute atomic E-state index is 11.4. The molecule has 0 aliphatic heterocycles. The van der Waals surface area contributed by atoms with Gasteiger partial charge in [-0.15, -0.1) is 0 Å². The van der Waals surface area contributed by atoms with E-state index >= 15 is 0 Å². The van der Waals surface area contributed by atoms with Crippen LogP contribution in [0, 0.1) is 5.41 Å². The molecule has 0 spiro atoms. The highest BCUT2D eigenvalue weighted by Gasteiger charge is 2.13. The molecule has 17 heavy (non-hydrogen) atoms. The third kappa shape index (κ3) is 6.71. The molecule has 0 amide bonds. The molecule has 1 aromatic heterocycles. The van der Waals surface area contributed by atoms with E-state index < -0.39 is 0 Å². The maximum atomic E-state index is 11.4. The summed E-state index contributed by atoms with van der Waals surface area (Å²) in [7, 11) is 0. The van der Waals surface area contributed by atoms with Gasteiger partial charge < -0.3 is 4.74 Å². The topological polar surface area (TPSA) is 67.9 Å². The van der Waals surface area contributed by atoms with Crippen LogP contribution in [0.3, 0.4) is 0 Å². The average molecular weight is 239 g/mol. The standard InChI is InChI=1S/C12H21N3O2/c1-12(2,3)9-17-11(16)7-5-4-6-10-8-13-15-14-10/h8H,4-7,9H2,1-3H3,(H,13,14,15). The lowest BCUT2D eigenvalue weighted by Crippen LogP contribution is -2.18. The van der Waals surface area contributed by atoms with Crippen LogP contribution in [0.15, 0.2) is 6.20 Å². The van der Waals surface area contributed by atoms with Crippen LogP contribution in [-0.2, 0) is 16.0 Å². The Hall–Kier alpha value is -1.39. The van der Waals surface area contributed by atoms with Gasteiger partial charge in [-0.3, -0.25) is 4.79 Å². The summed E-state index contributed by atoms with van der Waals surface area (Å²) in [6.45, 7) is 6.62. The fourth-order valence-electron chi connectivity index (χ4n) is 1.29. The number of ether oxygens (including phenoxy) is 1. The van der Waals surface area contributed by atoms with E-state index in [9.17, 15) is 4.79 Å². The molecule has 0 saturated carbocycles. The van der Waals surface area contributed by atoms with Gasteiger partial charge in [0.15, 0.2) is 0 Å². The Labute approximate surface area is 102 Å². The molecule has 96 valence electrons. The molecule has 1 N–H and O–H groups in total. The number of nitrogens with one attached hydrogen (secondary N) is 1. The largest absolute Gasteiger partial charge is 0.465 e. The molecule has 0 aromatic carbocycles. The minimum atomic E-state index is -0.111. The van der Waals surface area contributed by atoms with Gasteiger partial charge in [-0.25, -0.2) is 0 Å². The zero-order chi connectivity index (χ0) is 12.7. The number of nitrogens with zero attached hydrogens (tertiary/aromatic N) is 2. The smallest absolute Gasteiger partial charge is 0.305 e. The maximum Gasteiger partial charge on any atom is 0.305 e. The van der Waals surface area contributed by atoms with Crippen LogP contribution in [0.4, 0.5) is 0 Å². The van der Waals surface area contributed by atoms with Gasteiger partial charge in [0.25, 0.3) is 0 Å². The van der Waals surface area contributed by atoms with E-state index in [-0.39, 0.29) is 11.4 Å². The highest BCUT2D eigenvalue weighted by molar-refractivity contribution is 5.69. The molecule has 0 unspecified atom stereocenters. The third-order valence-electron chi connectivity index (χ3n) is 2.19. The van der Waals surface area contributed by atoms with Crippen LogP contribution in [-0.4, -0.2) is 28.0 Å². The number of H-pyrrole nitrogens is 1. The summed E-state index contributed by atoms with van der Waals surface area (Å²) in [5.41, 5.74) is 0.976. The number of aromatic nitrogens is 3. The van der Waals surface area contributed by atoms with Crippen molar-refractivity contribution in [3.8, 4) is 0 Å². The molecule has 0 radical (unpaired) electrons. The minimum Gasteiger partial charge on any atom is -0.465 e. The van der Waals surface area contributed by atoms with Crippen molar-refractivity contribution in [2.24, 2.45) is 5.41 Å². The number of hydrogen-bond donors (Lipinski definition) is 1. The van der Waals surface area contributed by atoms with Gasteiger partial charge in [0.05, 0.1) is 18.5 Å².